The van der Waals surface area contributed by atoms with Crippen LogP contribution in [0.4, 0.5) is 5.69 Å². The van der Waals surface area contributed by atoms with Gasteiger partial charge in [0.2, 0.25) is 11.8 Å². The number of anilines is 1. The van der Waals surface area contributed by atoms with E-state index in [4.69, 9.17) is 10.00 Å². The van der Waals surface area contributed by atoms with E-state index in [1.807, 2.05) is 48.6 Å². The molecule has 2 amide bonds. The first kappa shape index (κ1) is 14.8. The van der Waals surface area contributed by atoms with E-state index in [-0.39, 0.29) is 11.8 Å². The number of imide groups is 1. The summed E-state index contributed by atoms with van der Waals surface area (Å²) in [5, 5.41) is 9.03. The fourth-order valence-corrected chi connectivity index (χ4v) is 4.64. The Labute approximate surface area is 147 Å². The van der Waals surface area contributed by atoms with Gasteiger partial charge in [-0.05, 0) is 54.6 Å². The van der Waals surface area contributed by atoms with Crippen molar-refractivity contribution < 1.29 is 14.3 Å². The quantitative estimate of drug-likeness (QED) is 0.398. The highest BCUT2D eigenvalue weighted by molar-refractivity contribution is 14.1. The zero-order valence-corrected chi connectivity index (χ0v) is 14.7. The van der Waals surface area contributed by atoms with E-state index in [1.54, 1.807) is 18.2 Å². The number of hydrogen-bond donors (Lipinski definition) is 0. The molecule has 0 spiro atoms. The number of halogens is 1. The van der Waals surface area contributed by atoms with Crippen LogP contribution < -0.4 is 4.90 Å². The van der Waals surface area contributed by atoms with Crippen molar-refractivity contribution in [2.75, 3.05) is 4.90 Å². The number of benzene rings is 1. The van der Waals surface area contributed by atoms with Gasteiger partial charge in [0, 0.05) is 3.57 Å². The highest BCUT2D eigenvalue weighted by Crippen LogP contribution is 2.57. The van der Waals surface area contributed by atoms with E-state index in [9.17, 15) is 9.59 Å². The molecule has 3 aliphatic heterocycles. The SMILES string of the molecule is CC12C=CC(C)(O1)[C@H]1C(=O)N(c3ccc(C#N)c(I)c3)C(=O)[C@H]12. The molecule has 2 bridgehead atoms. The fourth-order valence-electron chi connectivity index (χ4n) is 4.02. The molecule has 2 saturated heterocycles. The van der Waals surface area contributed by atoms with E-state index in [0.717, 1.165) is 3.57 Å². The number of carbonyl (C=O) groups excluding carboxylic acids is 2. The van der Waals surface area contributed by atoms with Gasteiger partial charge in [0.15, 0.2) is 0 Å². The predicted octanol–water partition coefficient (Wildman–Crippen LogP) is 2.39. The zero-order chi connectivity index (χ0) is 16.6. The summed E-state index contributed by atoms with van der Waals surface area (Å²) >= 11 is 2.04. The van der Waals surface area contributed by atoms with Gasteiger partial charge in [0.1, 0.15) is 6.07 Å². The summed E-state index contributed by atoms with van der Waals surface area (Å²) in [5.74, 6) is -1.43. The third kappa shape index (κ3) is 1.75. The molecular weight excluding hydrogens is 407 g/mol. The second-order valence-electron chi connectivity index (χ2n) is 6.55. The normalized spacial score (nSPS) is 37.4. The minimum Gasteiger partial charge on any atom is -0.359 e. The first-order valence-corrected chi connectivity index (χ1v) is 8.37. The van der Waals surface area contributed by atoms with Crippen LogP contribution in [-0.2, 0) is 14.3 Å². The molecule has 0 N–H and O–H groups in total. The van der Waals surface area contributed by atoms with Crippen LogP contribution in [0.5, 0.6) is 0 Å². The molecule has 2 fully saturated rings. The molecule has 4 rings (SSSR count). The molecule has 4 atom stereocenters. The molecule has 1 aromatic rings. The molecule has 0 radical (unpaired) electrons. The summed E-state index contributed by atoms with van der Waals surface area (Å²) in [6.07, 6.45) is 3.79. The minimum atomic E-state index is -0.722. The topological polar surface area (TPSA) is 70.4 Å². The Morgan fingerprint density at radius 1 is 1.17 bits per heavy atom. The third-order valence-corrected chi connectivity index (χ3v) is 5.95. The minimum absolute atomic E-state index is 0.226. The lowest BCUT2D eigenvalue weighted by atomic mass is 9.73. The first-order valence-electron chi connectivity index (χ1n) is 7.29. The van der Waals surface area contributed by atoms with Gasteiger partial charge in [-0.2, -0.15) is 5.26 Å². The number of carbonyl (C=O) groups is 2. The van der Waals surface area contributed by atoms with Gasteiger partial charge < -0.3 is 4.74 Å². The first-order chi connectivity index (χ1) is 10.8. The predicted molar refractivity (Wildman–Crippen MR) is 90.4 cm³/mol. The lowest BCUT2D eigenvalue weighted by molar-refractivity contribution is -0.128. The highest BCUT2D eigenvalue weighted by atomic mass is 127. The van der Waals surface area contributed by atoms with Crippen molar-refractivity contribution in [2.24, 2.45) is 11.8 Å². The average molecular weight is 420 g/mol. The van der Waals surface area contributed by atoms with Gasteiger partial charge in [-0.1, -0.05) is 12.2 Å². The van der Waals surface area contributed by atoms with Gasteiger partial charge in [-0.3, -0.25) is 9.59 Å². The number of fused-ring (bicyclic) bond motifs is 5. The smallest absolute Gasteiger partial charge is 0.241 e. The Hall–Kier alpha value is -1.72. The Bertz CT molecular complexity index is 807. The van der Waals surface area contributed by atoms with Crippen LogP contribution in [0.25, 0.3) is 0 Å². The van der Waals surface area contributed by atoms with Crippen molar-refractivity contribution in [1.82, 2.24) is 0 Å². The molecule has 23 heavy (non-hydrogen) atoms. The van der Waals surface area contributed by atoms with Crippen LogP contribution in [0.2, 0.25) is 0 Å². The summed E-state index contributed by atoms with van der Waals surface area (Å²) in [6, 6.07) is 7.08. The van der Waals surface area contributed by atoms with Crippen molar-refractivity contribution in [3.63, 3.8) is 0 Å². The van der Waals surface area contributed by atoms with Gasteiger partial charge in [0.05, 0.1) is 34.3 Å². The Morgan fingerprint density at radius 3 is 2.22 bits per heavy atom. The Balaban J connectivity index is 1.80. The van der Waals surface area contributed by atoms with E-state index < -0.39 is 23.0 Å². The van der Waals surface area contributed by atoms with E-state index in [1.165, 1.54) is 4.90 Å². The standard InChI is InChI=1S/C17H13IN2O3/c1-16-5-6-17(2,23-16)13-12(16)14(21)20(15(13)22)10-4-3-9(8-19)11(18)7-10/h3-7,12-13H,1-2H3/t12-,13+,16?,17?. The summed E-state index contributed by atoms with van der Waals surface area (Å²) < 4.78 is 6.69. The maximum absolute atomic E-state index is 12.9. The van der Waals surface area contributed by atoms with Crippen molar-refractivity contribution in [1.29, 1.82) is 5.26 Å². The highest BCUT2D eigenvalue weighted by Gasteiger charge is 2.70. The summed E-state index contributed by atoms with van der Waals surface area (Å²) in [4.78, 5) is 27.1. The Kier molecular flexibility index (Phi) is 2.86. The molecular formula is C17H13IN2O3. The molecule has 1 aromatic carbocycles. The van der Waals surface area contributed by atoms with Crippen molar-refractivity contribution >= 4 is 40.1 Å². The maximum atomic E-state index is 12.9. The maximum Gasteiger partial charge on any atom is 0.241 e. The van der Waals surface area contributed by atoms with Crippen molar-refractivity contribution in [3.05, 3.63) is 39.5 Å². The monoisotopic (exact) mass is 420 g/mol. The fraction of sp³-hybridized carbons (Fsp3) is 0.353. The summed E-state index contributed by atoms with van der Waals surface area (Å²) in [7, 11) is 0. The number of amides is 2. The number of rotatable bonds is 1. The molecule has 116 valence electrons. The van der Waals surface area contributed by atoms with Gasteiger partial charge >= 0.3 is 0 Å². The largest absolute Gasteiger partial charge is 0.359 e. The van der Waals surface area contributed by atoms with E-state index in [2.05, 4.69) is 6.07 Å². The number of hydrogen-bond acceptors (Lipinski definition) is 4. The molecule has 2 unspecified atom stereocenters. The molecule has 6 heteroatoms. The Morgan fingerprint density at radius 2 is 1.74 bits per heavy atom. The molecule has 3 aliphatic rings. The van der Waals surface area contributed by atoms with Gasteiger partial charge in [0.25, 0.3) is 0 Å². The number of ether oxygens (including phenoxy) is 1. The molecule has 0 aromatic heterocycles. The summed E-state index contributed by atoms with van der Waals surface area (Å²) in [6.45, 7) is 3.72. The van der Waals surface area contributed by atoms with Crippen LogP contribution >= 0.6 is 22.6 Å². The zero-order valence-electron chi connectivity index (χ0n) is 12.5. The number of nitriles is 1. The van der Waals surface area contributed by atoms with Crippen LogP contribution in [0.15, 0.2) is 30.4 Å². The molecule has 0 saturated carbocycles. The lowest BCUT2D eigenvalue weighted by Gasteiger charge is -2.25. The van der Waals surface area contributed by atoms with Crippen molar-refractivity contribution in [3.8, 4) is 6.07 Å². The molecule has 0 aliphatic carbocycles. The number of nitrogens with zero attached hydrogens (tertiary/aromatic N) is 2. The van der Waals surface area contributed by atoms with Crippen LogP contribution in [-0.4, -0.2) is 23.0 Å². The second-order valence-corrected chi connectivity index (χ2v) is 7.71. The van der Waals surface area contributed by atoms with Crippen LogP contribution in [0, 0.1) is 26.7 Å². The van der Waals surface area contributed by atoms with Crippen LogP contribution in [0.1, 0.15) is 19.4 Å². The van der Waals surface area contributed by atoms with Gasteiger partial charge in [-0.15, -0.1) is 0 Å². The molecule has 3 heterocycles. The average Bonchev–Trinajstić information content (AvgIpc) is 3.04. The lowest BCUT2D eigenvalue weighted by Crippen LogP contribution is -2.39. The van der Waals surface area contributed by atoms with E-state index >= 15 is 0 Å². The van der Waals surface area contributed by atoms with Crippen molar-refractivity contribution in [2.45, 2.75) is 25.0 Å². The third-order valence-electron chi connectivity index (χ3n) is 5.06. The van der Waals surface area contributed by atoms with Gasteiger partial charge in [-0.25, -0.2) is 4.90 Å². The summed E-state index contributed by atoms with van der Waals surface area (Å²) in [5.41, 5.74) is -0.400. The molecule has 5 nitrogen and oxygen atoms in total. The van der Waals surface area contributed by atoms with Crippen LogP contribution in [0.3, 0.4) is 0 Å². The van der Waals surface area contributed by atoms with E-state index in [0.29, 0.717) is 11.3 Å². The second kappa shape index (κ2) is 4.42.